The van der Waals surface area contributed by atoms with Gasteiger partial charge in [-0.05, 0) is 135 Å². The van der Waals surface area contributed by atoms with Crippen molar-refractivity contribution in [3.8, 4) is 0 Å². The van der Waals surface area contributed by atoms with Crippen molar-refractivity contribution < 1.29 is 42.9 Å². The number of ether oxygens (including phenoxy) is 4. The summed E-state index contributed by atoms with van der Waals surface area (Å²) in [6, 6.07) is 0. The molecule has 0 saturated carbocycles. The second kappa shape index (κ2) is 76.1. The van der Waals surface area contributed by atoms with Crippen LogP contribution in [0.4, 0.5) is 0 Å². The Kier molecular flexibility index (Phi) is 71.7. The Morgan fingerprint density at radius 3 is 0.835 bits per heavy atom. The van der Waals surface area contributed by atoms with Gasteiger partial charge in [-0.15, -0.1) is 0 Å². The molecule has 548 valence electrons. The summed E-state index contributed by atoms with van der Waals surface area (Å²) >= 11 is 0. The first-order valence-corrected chi connectivity index (χ1v) is 38.9. The second-order valence-electron chi connectivity index (χ2n) is 26.6. The van der Waals surface area contributed by atoms with Gasteiger partial charge in [0, 0.05) is 12.8 Å². The number of carboxylic acid groups (broad SMARTS) is 1. The fourth-order valence-corrected chi connectivity index (χ4v) is 10.3. The molecular weight excluding hydrogens is 1200 g/mol. The highest BCUT2D eigenvalue weighted by Crippen LogP contribution is 2.17. The molecule has 2 atom stereocenters. The van der Waals surface area contributed by atoms with Gasteiger partial charge in [0.2, 0.25) is 0 Å². The van der Waals surface area contributed by atoms with Crippen molar-refractivity contribution in [1.29, 1.82) is 0 Å². The number of carbonyl (C=O) groups excluding carboxylic acids is 2. The molecule has 0 aliphatic carbocycles. The summed E-state index contributed by atoms with van der Waals surface area (Å²) in [6.45, 7) is 4.61. The lowest BCUT2D eigenvalue weighted by Gasteiger charge is -2.25. The van der Waals surface area contributed by atoms with Gasteiger partial charge < -0.3 is 28.5 Å². The van der Waals surface area contributed by atoms with Crippen LogP contribution < -0.4 is 0 Å². The van der Waals surface area contributed by atoms with Gasteiger partial charge in [0.1, 0.15) is 13.2 Å². The van der Waals surface area contributed by atoms with E-state index in [4.69, 9.17) is 18.9 Å². The molecule has 0 aromatic rings. The standard InChI is InChI=1S/C88H143NO8/c1-6-8-10-12-14-16-18-20-22-24-26-28-30-32-34-36-38-40-42-43-45-47-49-51-53-55-57-59-61-63-65-67-69-71-73-75-77-79-86(91)97-84(83-96-88(87(92)93)94-81-80-89(3,4)5)82-95-85(90)78-76-74-72-70-68-66-64-62-60-58-56-54-52-50-48-46-44-41-39-37-35-33-31-29-27-25-23-21-19-17-15-13-11-9-7-2/h8-11,14-17,20-23,26-29,32,34,38,40,43,45,49,51,55,57,61,63,67,69,84,88H,6-7,12-13,18-19,24-25,30-31,33,35-37,39,41-42,44,46-48,50,52-54,56,58-60,62,64-66,68,70-83H2,1-5H3/p+1/b10-8-,11-9-,16-14-,17-15-,22-20-,23-21-,28-26-,29-27-,34-32-,40-38-,45-43-,51-49-,57-55-,63-61-,69-67-. The van der Waals surface area contributed by atoms with Crippen LogP contribution in [0.5, 0.6) is 0 Å². The Hall–Kier alpha value is -5.61. The molecule has 1 N–H and O–H groups in total. The summed E-state index contributed by atoms with van der Waals surface area (Å²) in [5.74, 6) is -2.06. The van der Waals surface area contributed by atoms with E-state index >= 15 is 0 Å². The van der Waals surface area contributed by atoms with Crippen LogP contribution in [0.25, 0.3) is 0 Å². The predicted molar refractivity (Wildman–Crippen MR) is 419 cm³/mol. The molecule has 0 fully saturated rings. The Labute approximate surface area is 596 Å². The number of allylic oxidation sites excluding steroid dienone is 30. The third kappa shape index (κ3) is 77.6. The maximum atomic E-state index is 13.0. The lowest BCUT2D eigenvalue weighted by Crippen LogP contribution is -2.40. The Bertz CT molecular complexity index is 2260. The van der Waals surface area contributed by atoms with Crippen LogP contribution in [0.3, 0.4) is 0 Å². The van der Waals surface area contributed by atoms with E-state index in [1.165, 1.54) is 128 Å². The Morgan fingerprint density at radius 1 is 0.309 bits per heavy atom. The first-order chi connectivity index (χ1) is 47.6. The number of aliphatic carboxylic acids is 1. The van der Waals surface area contributed by atoms with E-state index in [0.717, 1.165) is 135 Å². The molecule has 97 heavy (non-hydrogen) atoms. The highest BCUT2D eigenvalue weighted by atomic mass is 16.7. The van der Waals surface area contributed by atoms with Crippen LogP contribution in [0.2, 0.25) is 0 Å². The number of carbonyl (C=O) groups is 3. The van der Waals surface area contributed by atoms with Crippen LogP contribution in [-0.2, 0) is 33.3 Å². The van der Waals surface area contributed by atoms with Crippen molar-refractivity contribution in [2.75, 3.05) is 47.5 Å². The molecule has 9 nitrogen and oxygen atoms in total. The molecule has 0 saturated heterocycles. The highest BCUT2D eigenvalue weighted by molar-refractivity contribution is 5.71. The first kappa shape index (κ1) is 91.4. The average molecular weight is 1340 g/mol. The summed E-state index contributed by atoms with van der Waals surface area (Å²) < 4.78 is 23.0. The molecule has 0 radical (unpaired) electrons. The molecule has 0 amide bonds. The van der Waals surface area contributed by atoms with Gasteiger partial charge >= 0.3 is 17.9 Å². The number of rotatable bonds is 70. The molecule has 0 aromatic heterocycles. The van der Waals surface area contributed by atoms with Gasteiger partial charge in [0.15, 0.2) is 6.10 Å². The molecule has 0 aliphatic rings. The van der Waals surface area contributed by atoms with Crippen molar-refractivity contribution in [2.24, 2.45) is 0 Å². The van der Waals surface area contributed by atoms with E-state index in [1.54, 1.807) is 0 Å². The zero-order valence-corrected chi connectivity index (χ0v) is 62.7. The highest BCUT2D eigenvalue weighted by Gasteiger charge is 2.25. The summed E-state index contributed by atoms with van der Waals surface area (Å²) in [7, 11) is 5.96. The van der Waals surface area contributed by atoms with E-state index in [1.807, 2.05) is 21.1 Å². The Balaban J connectivity index is 4.16. The van der Waals surface area contributed by atoms with Gasteiger partial charge in [0.25, 0.3) is 6.29 Å². The minimum atomic E-state index is -1.53. The minimum Gasteiger partial charge on any atom is -0.477 e. The van der Waals surface area contributed by atoms with E-state index in [9.17, 15) is 19.5 Å². The van der Waals surface area contributed by atoms with Crippen LogP contribution in [0, 0.1) is 0 Å². The lowest BCUT2D eigenvalue weighted by atomic mass is 10.0. The second-order valence-corrected chi connectivity index (χ2v) is 26.6. The molecule has 0 bridgehead atoms. The summed E-state index contributed by atoms with van der Waals surface area (Å²) in [6.07, 6.45) is 113. The number of carboxylic acids is 1. The predicted octanol–water partition coefficient (Wildman–Crippen LogP) is 25.1. The number of quaternary nitrogens is 1. The van der Waals surface area contributed by atoms with Gasteiger partial charge in [-0.3, -0.25) is 9.59 Å². The third-order valence-electron chi connectivity index (χ3n) is 16.2. The smallest absolute Gasteiger partial charge is 0.361 e. The SMILES string of the molecule is CC/C=C\C/C=C\C/C=C\C/C=C\C/C=C\C/C=C\C/C=C\C/C=C\C/C=C\C/C=C\C/C=C\CCCCCC(=O)OC(COC(=O)CCCCCCCCCCCCCCCCCCCCCCCC/C=C\C/C=C\C/C=C\C/C=C\CC)COC(OCC[N+](C)(C)C)C(=O)O. The van der Waals surface area contributed by atoms with Crippen molar-refractivity contribution in [1.82, 2.24) is 0 Å². The van der Waals surface area contributed by atoms with Crippen molar-refractivity contribution in [3.05, 3.63) is 182 Å². The quantitative estimate of drug-likeness (QED) is 0.0211. The van der Waals surface area contributed by atoms with Crippen LogP contribution >= 0.6 is 0 Å². The summed E-state index contributed by atoms with van der Waals surface area (Å²) in [5, 5.41) is 9.77. The van der Waals surface area contributed by atoms with Gasteiger partial charge in [-0.2, -0.15) is 0 Å². The number of likely N-dealkylation sites (N-methyl/N-ethyl adjacent to an activating group) is 1. The van der Waals surface area contributed by atoms with Crippen molar-refractivity contribution in [2.45, 2.75) is 309 Å². The molecule has 0 aliphatic heterocycles. The topological polar surface area (TPSA) is 108 Å². The normalized spacial score (nSPS) is 13.7. The molecule has 0 heterocycles. The summed E-state index contributed by atoms with van der Waals surface area (Å²) in [5.41, 5.74) is 0. The van der Waals surface area contributed by atoms with Crippen molar-refractivity contribution in [3.63, 3.8) is 0 Å². The van der Waals surface area contributed by atoms with Crippen LogP contribution in [-0.4, -0.2) is 87.4 Å². The molecule has 2 unspecified atom stereocenters. The van der Waals surface area contributed by atoms with Crippen LogP contribution in [0.1, 0.15) is 296 Å². The largest absolute Gasteiger partial charge is 0.477 e. The maximum absolute atomic E-state index is 13.0. The molecule has 0 rings (SSSR count). The zero-order chi connectivity index (χ0) is 70.4. The third-order valence-corrected chi connectivity index (χ3v) is 16.2. The maximum Gasteiger partial charge on any atom is 0.361 e. The van der Waals surface area contributed by atoms with E-state index in [2.05, 4.69) is 196 Å². The molecule has 9 heteroatoms. The van der Waals surface area contributed by atoms with E-state index in [0.29, 0.717) is 17.4 Å². The average Bonchev–Trinajstić information content (AvgIpc) is 3.11. The van der Waals surface area contributed by atoms with Gasteiger partial charge in [-0.25, -0.2) is 4.79 Å². The fourth-order valence-electron chi connectivity index (χ4n) is 10.3. The van der Waals surface area contributed by atoms with Gasteiger partial charge in [-0.1, -0.05) is 331 Å². The molecular formula is C88H144NO8+. The van der Waals surface area contributed by atoms with E-state index < -0.39 is 24.3 Å². The monoisotopic (exact) mass is 1340 g/mol. The lowest BCUT2D eigenvalue weighted by molar-refractivity contribution is -0.870. The summed E-state index contributed by atoms with van der Waals surface area (Å²) in [4.78, 5) is 37.7. The minimum absolute atomic E-state index is 0.173. The number of nitrogens with zero attached hydrogens (tertiary/aromatic N) is 1. The number of hydrogen-bond donors (Lipinski definition) is 1. The number of unbranched alkanes of at least 4 members (excludes halogenated alkanes) is 25. The Morgan fingerprint density at radius 2 is 0.557 bits per heavy atom. The van der Waals surface area contributed by atoms with Gasteiger partial charge in [0.05, 0.1) is 34.4 Å². The number of esters is 2. The number of hydrogen-bond acceptors (Lipinski definition) is 7. The zero-order valence-electron chi connectivity index (χ0n) is 62.7. The molecule has 0 spiro atoms. The van der Waals surface area contributed by atoms with E-state index in [-0.39, 0.29) is 38.6 Å². The molecule has 0 aromatic carbocycles. The van der Waals surface area contributed by atoms with Crippen molar-refractivity contribution >= 4 is 17.9 Å². The first-order valence-electron chi connectivity index (χ1n) is 38.9. The fraction of sp³-hybridized carbons (Fsp3) is 0.625. The van der Waals surface area contributed by atoms with Crippen LogP contribution in [0.15, 0.2) is 182 Å².